The molecule has 0 fully saturated rings. The van der Waals surface area contributed by atoms with E-state index in [2.05, 4.69) is 4.72 Å². The van der Waals surface area contributed by atoms with Gasteiger partial charge in [-0.2, -0.15) is 12.7 Å². The molecule has 19 heavy (non-hydrogen) atoms. The largest absolute Gasteiger partial charge is 0.380 e. The van der Waals surface area contributed by atoms with E-state index in [-0.39, 0.29) is 0 Å². The fraction of sp³-hybridized carbons (Fsp3) is 0.500. The van der Waals surface area contributed by atoms with Gasteiger partial charge in [0.05, 0.1) is 12.3 Å². The summed E-state index contributed by atoms with van der Waals surface area (Å²) < 4.78 is 33.0. The molecule has 1 aromatic rings. The van der Waals surface area contributed by atoms with E-state index < -0.39 is 10.2 Å². The first kappa shape index (κ1) is 15.9. The van der Waals surface area contributed by atoms with Crippen molar-refractivity contribution in [2.75, 3.05) is 32.0 Å². The highest BCUT2D eigenvalue weighted by molar-refractivity contribution is 7.90. The average Bonchev–Trinajstić information content (AvgIpc) is 2.38. The average molecular weight is 287 g/mol. The molecule has 108 valence electrons. The molecule has 0 heterocycles. The number of nitrogens with zero attached hydrogens (tertiary/aromatic N) is 1. The van der Waals surface area contributed by atoms with E-state index in [1.807, 2.05) is 12.1 Å². The number of nitrogens with one attached hydrogen (secondary N) is 1. The second-order valence-corrected chi connectivity index (χ2v) is 5.94. The molecule has 1 rings (SSSR count). The van der Waals surface area contributed by atoms with Crippen molar-refractivity contribution in [2.24, 2.45) is 5.73 Å². The maximum atomic E-state index is 12.1. The molecule has 0 unspecified atom stereocenters. The number of hydrogen-bond acceptors (Lipinski definition) is 4. The third-order valence-corrected chi connectivity index (χ3v) is 4.12. The van der Waals surface area contributed by atoms with Crippen LogP contribution in [-0.2, 0) is 21.6 Å². The minimum Gasteiger partial charge on any atom is -0.380 e. The van der Waals surface area contributed by atoms with Crippen LogP contribution in [-0.4, -0.2) is 40.0 Å². The monoisotopic (exact) mass is 287 g/mol. The summed E-state index contributed by atoms with van der Waals surface area (Å²) in [6.07, 6.45) is 0.622. The fourth-order valence-electron chi connectivity index (χ4n) is 1.55. The first-order chi connectivity index (χ1) is 9.01. The number of benzene rings is 1. The molecule has 0 aromatic heterocycles. The molecule has 6 nitrogen and oxygen atoms in total. The van der Waals surface area contributed by atoms with Gasteiger partial charge >= 0.3 is 10.2 Å². The molecule has 1 aromatic carbocycles. The Bertz CT molecular complexity index is 491. The Labute approximate surface area is 114 Å². The SMILES string of the molecule is COCc1ccccc1NS(=O)(=O)N(C)CCCN. The molecular formula is C12H21N3O3S. The number of nitrogens with two attached hydrogens (primary N) is 1. The topological polar surface area (TPSA) is 84.7 Å². The standard InChI is InChI=1S/C12H21N3O3S/c1-15(9-5-8-13)19(16,17)14-12-7-4-3-6-11(12)10-18-2/h3-4,6-7,14H,5,8-10,13H2,1-2H3. The van der Waals surface area contributed by atoms with Crippen molar-refractivity contribution < 1.29 is 13.2 Å². The van der Waals surface area contributed by atoms with Crippen LogP contribution in [0.4, 0.5) is 5.69 Å². The quantitative estimate of drug-likeness (QED) is 0.739. The summed E-state index contributed by atoms with van der Waals surface area (Å²) in [5.41, 5.74) is 6.70. The van der Waals surface area contributed by atoms with E-state index in [1.165, 1.54) is 11.4 Å². The minimum absolute atomic E-state index is 0.352. The molecule has 0 bridgehead atoms. The lowest BCUT2D eigenvalue weighted by Crippen LogP contribution is -2.34. The lowest BCUT2D eigenvalue weighted by Gasteiger charge is -2.19. The van der Waals surface area contributed by atoms with Crippen molar-refractivity contribution in [2.45, 2.75) is 13.0 Å². The predicted octanol–water partition coefficient (Wildman–Crippen LogP) is 0.770. The highest BCUT2D eigenvalue weighted by atomic mass is 32.2. The van der Waals surface area contributed by atoms with Crippen LogP contribution in [0.2, 0.25) is 0 Å². The summed E-state index contributed by atoms with van der Waals surface area (Å²) in [5, 5.41) is 0. The molecule has 0 saturated carbocycles. The van der Waals surface area contributed by atoms with Crippen LogP contribution in [0, 0.1) is 0 Å². The smallest absolute Gasteiger partial charge is 0.301 e. The molecule has 0 aliphatic rings. The minimum atomic E-state index is -3.55. The van der Waals surface area contributed by atoms with E-state index in [4.69, 9.17) is 10.5 Å². The van der Waals surface area contributed by atoms with Crippen LogP contribution in [0.1, 0.15) is 12.0 Å². The van der Waals surface area contributed by atoms with Crippen molar-refractivity contribution in [3.8, 4) is 0 Å². The summed E-state index contributed by atoms with van der Waals surface area (Å²) >= 11 is 0. The number of anilines is 1. The molecule has 0 atom stereocenters. The normalized spacial score (nSPS) is 11.8. The predicted molar refractivity (Wildman–Crippen MR) is 76.0 cm³/mol. The van der Waals surface area contributed by atoms with Gasteiger partial charge in [-0.05, 0) is 19.0 Å². The van der Waals surface area contributed by atoms with Crippen molar-refractivity contribution >= 4 is 15.9 Å². The van der Waals surface area contributed by atoms with E-state index in [0.717, 1.165) is 5.56 Å². The maximum absolute atomic E-state index is 12.1. The van der Waals surface area contributed by atoms with Gasteiger partial charge in [-0.1, -0.05) is 18.2 Å². The Morgan fingerprint density at radius 2 is 2.05 bits per heavy atom. The third-order valence-electron chi connectivity index (χ3n) is 2.64. The lowest BCUT2D eigenvalue weighted by molar-refractivity contribution is 0.185. The second kappa shape index (κ2) is 7.44. The summed E-state index contributed by atoms with van der Waals surface area (Å²) in [6, 6.07) is 7.14. The van der Waals surface area contributed by atoms with Crippen molar-refractivity contribution in [1.82, 2.24) is 4.31 Å². The summed E-state index contributed by atoms with van der Waals surface area (Å²) in [6.45, 7) is 1.20. The van der Waals surface area contributed by atoms with E-state index >= 15 is 0 Å². The highest BCUT2D eigenvalue weighted by Gasteiger charge is 2.18. The van der Waals surface area contributed by atoms with Gasteiger partial charge in [0.25, 0.3) is 0 Å². The number of para-hydroxylation sites is 1. The highest BCUT2D eigenvalue weighted by Crippen LogP contribution is 2.18. The summed E-state index contributed by atoms with van der Waals surface area (Å²) in [7, 11) is -0.461. The van der Waals surface area contributed by atoms with Gasteiger partial charge in [0.1, 0.15) is 0 Å². The van der Waals surface area contributed by atoms with Gasteiger partial charge in [0.15, 0.2) is 0 Å². The molecule has 7 heteroatoms. The van der Waals surface area contributed by atoms with Gasteiger partial charge in [-0.25, -0.2) is 0 Å². The van der Waals surface area contributed by atoms with E-state index in [1.54, 1.807) is 19.2 Å². The first-order valence-corrected chi connectivity index (χ1v) is 7.46. The Morgan fingerprint density at radius 3 is 2.68 bits per heavy atom. The fourth-order valence-corrected chi connectivity index (χ4v) is 2.55. The van der Waals surface area contributed by atoms with Gasteiger partial charge in [-0.15, -0.1) is 0 Å². The summed E-state index contributed by atoms with van der Waals surface area (Å²) in [5.74, 6) is 0. The molecule has 0 radical (unpaired) electrons. The Hall–Kier alpha value is -1.15. The van der Waals surface area contributed by atoms with E-state index in [0.29, 0.717) is 31.8 Å². The Morgan fingerprint density at radius 1 is 1.37 bits per heavy atom. The Kier molecular flexibility index (Phi) is 6.23. The summed E-state index contributed by atoms with van der Waals surface area (Å²) in [4.78, 5) is 0. The van der Waals surface area contributed by atoms with Crippen LogP contribution in [0.3, 0.4) is 0 Å². The maximum Gasteiger partial charge on any atom is 0.301 e. The van der Waals surface area contributed by atoms with Crippen LogP contribution in [0.5, 0.6) is 0 Å². The zero-order valence-electron chi connectivity index (χ0n) is 11.3. The van der Waals surface area contributed by atoms with Gasteiger partial charge in [0.2, 0.25) is 0 Å². The number of rotatable bonds is 8. The zero-order valence-corrected chi connectivity index (χ0v) is 12.1. The molecule has 0 aliphatic heterocycles. The molecule has 0 spiro atoms. The van der Waals surface area contributed by atoms with Crippen LogP contribution in [0.15, 0.2) is 24.3 Å². The molecule has 0 aliphatic carbocycles. The lowest BCUT2D eigenvalue weighted by atomic mass is 10.2. The van der Waals surface area contributed by atoms with Crippen LogP contribution < -0.4 is 10.5 Å². The molecular weight excluding hydrogens is 266 g/mol. The van der Waals surface area contributed by atoms with Gasteiger partial charge in [0, 0.05) is 26.3 Å². The van der Waals surface area contributed by atoms with Crippen LogP contribution >= 0.6 is 0 Å². The van der Waals surface area contributed by atoms with Crippen molar-refractivity contribution in [3.63, 3.8) is 0 Å². The third kappa shape index (κ3) is 4.79. The molecule has 0 amide bonds. The first-order valence-electron chi connectivity index (χ1n) is 6.02. The Balaban J connectivity index is 2.83. The molecule has 0 saturated heterocycles. The van der Waals surface area contributed by atoms with Gasteiger partial charge < -0.3 is 10.5 Å². The number of ether oxygens (including phenoxy) is 1. The molecule has 3 N–H and O–H groups in total. The van der Waals surface area contributed by atoms with Crippen molar-refractivity contribution in [1.29, 1.82) is 0 Å². The van der Waals surface area contributed by atoms with Gasteiger partial charge in [-0.3, -0.25) is 4.72 Å². The van der Waals surface area contributed by atoms with E-state index in [9.17, 15) is 8.42 Å². The number of methoxy groups -OCH3 is 1. The zero-order chi connectivity index (χ0) is 14.3. The second-order valence-electron chi connectivity index (χ2n) is 4.16. The number of hydrogen-bond donors (Lipinski definition) is 2. The van der Waals surface area contributed by atoms with Crippen LogP contribution in [0.25, 0.3) is 0 Å². The van der Waals surface area contributed by atoms with Crippen molar-refractivity contribution in [3.05, 3.63) is 29.8 Å².